The Bertz CT molecular complexity index is 652. The van der Waals surface area contributed by atoms with Crippen LogP contribution < -0.4 is 9.64 Å². The zero-order valence-corrected chi connectivity index (χ0v) is 14.6. The molecule has 4 nitrogen and oxygen atoms in total. The maximum atomic E-state index is 10.8. The minimum atomic E-state index is 0.661. The molecule has 0 amide bonds. The van der Waals surface area contributed by atoms with Gasteiger partial charge in [0.1, 0.15) is 12.0 Å². The molecule has 0 N–H and O–H groups in total. The minimum Gasteiger partial charge on any atom is -0.494 e. The predicted molar refractivity (Wildman–Crippen MR) is 102 cm³/mol. The standard InChI is InChI=1S/C21H26N2O2/c24-18-19-7-6-10-21(17-19)25-16-5-4-11-22-12-14-23(15-13-22)20-8-2-1-3-9-20/h1-3,6-10,17-18H,4-5,11-16H2. The molecule has 1 saturated heterocycles. The van der Waals surface area contributed by atoms with Crippen LogP contribution in [0.1, 0.15) is 23.2 Å². The van der Waals surface area contributed by atoms with Gasteiger partial charge >= 0.3 is 0 Å². The molecule has 1 fully saturated rings. The van der Waals surface area contributed by atoms with Crippen LogP contribution in [0.3, 0.4) is 0 Å². The number of carbonyl (C=O) groups is 1. The van der Waals surface area contributed by atoms with E-state index in [1.54, 1.807) is 12.1 Å². The Balaban J connectivity index is 1.30. The van der Waals surface area contributed by atoms with Crippen LogP contribution in [-0.4, -0.2) is 50.5 Å². The number of benzene rings is 2. The van der Waals surface area contributed by atoms with E-state index in [1.165, 1.54) is 5.69 Å². The Morgan fingerprint density at radius 1 is 0.920 bits per heavy atom. The zero-order valence-electron chi connectivity index (χ0n) is 14.6. The van der Waals surface area contributed by atoms with E-state index in [2.05, 4.69) is 40.1 Å². The van der Waals surface area contributed by atoms with Gasteiger partial charge in [-0.3, -0.25) is 9.69 Å². The van der Waals surface area contributed by atoms with Gasteiger partial charge in [0.25, 0.3) is 0 Å². The Morgan fingerprint density at radius 3 is 2.48 bits per heavy atom. The third-order valence-electron chi connectivity index (χ3n) is 4.63. The highest BCUT2D eigenvalue weighted by Crippen LogP contribution is 2.16. The molecule has 0 saturated carbocycles. The first kappa shape index (κ1) is 17.5. The number of ether oxygens (including phenoxy) is 1. The Morgan fingerprint density at radius 2 is 1.72 bits per heavy atom. The molecule has 0 radical (unpaired) electrons. The Labute approximate surface area is 150 Å². The first-order valence-corrected chi connectivity index (χ1v) is 9.05. The maximum Gasteiger partial charge on any atom is 0.150 e. The second kappa shape index (κ2) is 9.23. The van der Waals surface area contributed by atoms with E-state index >= 15 is 0 Å². The van der Waals surface area contributed by atoms with Gasteiger partial charge in [-0.1, -0.05) is 30.3 Å². The number of rotatable bonds is 8. The number of piperazine rings is 1. The smallest absolute Gasteiger partial charge is 0.150 e. The van der Waals surface area contributed by atoms with Crippen molar-refractivity contribution < 1.29 is 9.53 Å². The van der Waals surface area contributed by atoms with Crippen molar-refractivity contribution in [1.29, 1.82) is 0 Å². The van der Waals surface area contributed by atoms with Gasteiger partial charge in [0, 0.05) is 37.4 Å². The summed E-state index contributed by atoms with van der Waals surface area (Å²) in [6.45, 7) is 6.26. The number of anilines is 1. The van der Waals surface area contributed by atoms with Crippen LogP contribution in [0.5, 0.6) is 5.75 Å². The van der Waals surface area contributed by atoms with Crippen LogP contribution >= 0.6 is 0 Å². The van der Waals surface area contributed by atoms with Gasteiger partial charge in [-0.2, -0.15) is 0 Å². The van der Waals surface area contributed by atoms with Crippen molar-refractivity contribution in [3.8, 4) is 5.75 Å². The van der Waals surface area contributed by atoms with E-state index in [-0.39, 0.29) is 0 Å². The molecule has 3 rings (SSSR count). The maximum absolute atomic E-state index is 10.8. The molecule has 1 aliphatic heterocycles. The highest BCUT2D eigenvalue weighted by atomic mass is 16.5. The van der Waals surface area contributed by atoms with Gasteiger partial charge in [0.2, 0.25) is 0 Å². The lowest BCUT2D eigenvalue weighted by molar-refractivity contribution is 0.112. The van der Waals surface area contributed by atoms with Crippen LogP contribution in [0.15, 0.2) is 54.6 Å². The summed E-state index contributed by atoms with van der Waals surface area (Å²) in [4.78, 5) is 15.8. The lowest BCUT2D eigenvalue weighted by Crippen LogP contribution is -2.46. The summed E-state index contributed by atoms with van der Waals surface area (Å²) < 4.78 is 5.73. The molecule has 0 aliphatic carbocycles. The number of para-hydroxylation sites is 1. The molecule has 2 aromatic carbocycles. The zero-order chi connectivity index (χ0) is 17.3. The number of aldehydes is 1. The fourth-order valence-corrected chi connectivity index (χ4v) is 3.17. The fourth-order valence-electron chi connectivity index (χ4n) is 3.17. The molecule has 0 aromatic heterocycles. The molecule has 0 unspecified atom stereocenters. The number of hydrogen-bond acceptors (Lipinski definition) is 4. The van der Waals surface area contributed by atoms with Gasteiger partial charge in [0.15, 0.2) is 0 Å². The lowest BCUT2D eigenvalue weighted by Gasteiger charge is -2.36. The van der Waals surface area contributed by atoms with Crippen molar-refractivity contribution >= 4 is 12.0 Å². The summed E-state index contributed by atoms with van der Waals surface area (Å²) in [7, 11) is 0. The molecule has 25 heavy (non-hydrogen) atoms. The van der Waals surface area contributed by atoms with Crippen LogP contribution in [-0.2, 0) is 0 Å². The highest BCUT2D eigenvalue weighted by Gasteiger charge is 2.16. The first-order valence-electron chi connectivity index (χ1n) is 9.05. The summed E-state index contributed by atoms with van der Waals surface area (Å²) >= 11 is 0. The molecule has 132 valence electrons. The topological polar surface area (TPSA) is 32.8 Å². The number of hydrogen-bond donors (Lipinski definition) is 0. The Kier molecular flexibility index (Phi) is 6.46. The Hall–Kier alpha value is -2.33. The molecule has 1 heterocycles. The monoisotopic (exact) mass is 338 g/mol. The largest absolute Gasteiger partial charge is 0.494 e. The predicted octanol–water partition coefficient (Wildman–Crippen LogP) is 3.48. The number of nitrogens with zero attached hydrogens (tertiary/aromatic N) is 2. The van der Waals surface area contributed by atoms with E-state index < -0.39 is 0 Å². The third kappa shape index (κ3) is 5.33. The van der Waals surface area contributed by atoms with Crippen molar-refractivity contribution in [2.45, 2.75) is 12.8 Å². The van der Waals surface area contributed by atoms with Gasteiger partial charge in [-0.25, -0.2) is 0 Å². The third-order valence-corrected chi connectivity index (χ3v) is 4.63. The molecular formula is C21H26N2O2. The van der Waals surface area contributed by atoms with Crippen molar-refractivity contribution in [3.05, 3.63) is 60.2 Å². The molecule has 0 spiro atoms. The lowest BCUT2D eigenvalue weighted by atomic mass is 10.2. The van der Waals surface area contributed by atoms with Crippen LogP contribution in [0, 0.1) is 0 Å². The minimum absolute atomic E-state index is 0.661. The summed E-state index contributed by atoms with van der Waals surface area (Å²) in [6.07, 6.45) is 3.02. The van der Waals surface area contributed by atoms with Gasteiger partial charge in [-0.05, 0) is 43.7 Å². The SMILES string of the molecule is O=Cc1cccc(OCCCCN2CCN(c3ccccc3)CC2)c1. The van der Waals surface area contributed by atoms with E-state index in [0.29, 0.717) is 12.2 Å². The van der Waals surface area contributed by atoms with Crippen LogP contribution in [0.25, 0.3) is 0 Å². The average Bonchev–Trinajstić information content (AvgIpc) is 2.69. The summed E-state index contributed by atoms with van der Waals surface area (Å²) in [6, 6.07) is 18.0. The van der Waals surface area contributed by atoms with Gasteiger partial charge in [-0.15, -0.1) is 0 Å². The van der Waals surface area contributed by atoms with Crippen LogP contribution in [0.4, 0.5) is 5.69 Å². The van der Waals surface area contributed by atoms with Crippen LogP contribution in [0.2, 0.25) is 0 Å². The molecule has 4 heteroatoms. The van der Waals surface area contributed by atoms with E-state index in [4.69, 9.17) is 4.74 Å². The van der Waals surface area contributed by atoms with E-state index in [1.807, 2.05) is 12.1 Å². The normalized spacial score (nSPS) is 15.1. The summed E-state index contributed by atoms with van der Waals surface area (Å²) in [5, 5.41) is 0. The molecule has 0 bridgehead atoms. The second-order valence-corrected chi connectivity index (χ2v) is 6.41. The van der Waals surface area contributed by atoms with Crippen molar-refractivity contribution in [1.82, 2.24) is 4.90 Å². The quantitative estimate of drug-likeness (QED) is 0.545. The van der Waals surface area contributed by atoms with E-state index in [0.717, 1.165) is 57.6 Å². The molecule has 0 atom stereocenters. The second-order valence-electron chi connectivity index (χ2n) is 6.41. The average molecular weight is 338 g/mol. The summed E-state index contributed by atoms with van der Waals surface area (Å²) in [5.41, 5.74) is 1.99. The van der Waals surface area contributed by atoms with Crippen molar-refractivity contribution in [2.24, 2.45) is 0 Å². The van der Waals surface area contributed by atoms with Gasteiger partial charge in [0.05, 0.1) is 6.61 Å². The molecule has 2 aromatic rings. The van der Waals surface area contributed by atoms with Gasteiger partial charge < -0.3 is 9.64 Å². The van der Waals surface area contributed by atoms with Crippen molar-refractivity contribution in [3.63, 3.8) is 0 Å². The molecule has 1 aliphatic rings. The molecular weight excluding hydrogens is 312 g/mol. The fraction of sp³-hybridized carbons (Fsp3) is 0.381. The van der Waals surface area contributed by atoms with Crippen molar-refractivity contribution in [2.75, 3.05) is 44.2 Å². The number of carbonyl (C=O) groups excluding carboxylic acids is 1. The first-order chi connectivity index (χ1) is 12.3. The van der Waals surface area contributed by atoms with E-state index in [9.17, 15) is 4.79 Å². The number of unbranched alkanes of at least 4 members (excludes halogenated alkanes) is 1. The summed E-state index contributed by atoms with van der Waals surface area (Å²) in [5.74, 6) is 0.779. The highest BCUT2D eigenvalue weighted by molar-refractivity contribution is 5.75.